The summed E-state index contributed by atoms with van der Waals surface area (Å²) in [7, 11) is 0. The number of hydrogen-bond donors (Lipinski definition) is 0. The van der Waals surface area contributed by atoms with Gasteiger partial charge in [0.05, 0.1) is 0 Å². The molecule has 0 N–H and O–H groups in total. The molecule has 1 aromatic heterocycles. The topological polar surface area (TPSA) is 13.1 Å². The highest BCUT2D eigenvalue weighted by molar-refractivity contribution is 6.24. The van der Waals surface area contributed by atoms with Crippen LogP contribution in [-0.4, -0.2) is 0 Å². The van der Waals surface area contributed by atoms with Gasteiger partial charge in [-0.05, 0) is 163 Å². The van der Waals surface area contributed by atoms with E-state index in [9.17, 15) is 0 Å². The second-order valence-corrected chi connectivity index (χ2v) is 19.6. The molecule has 1 nitrogen and oxygen atoms in total. The second-order valence-electron chi connectivity index (χ2n) is 19.6. The van der Waals surface area contributed by atoms with Crippen molar-refractivity contribution in [3.05, 3.63) is 216 Å². The van der Waals surface area contributed by atoms with Crippen molar-refractivity contribution in [2.24, 2.45) is 0 Å². The van der Waals surface area contributed by atoms with E-state index in [2.05, 4.69) is 222 Å². The summed E-state index contributed by atoms with van der Waals surface area (Å²) in [5, 5.41) is 12.5. The molecular formula is C64H44O. The lowest BCUT2D eigenvalue weighted by atomic mass is 9.80. The highest BCUT2D eigenvalue weighted by Crippen LogP contribution is 2.55. The third-order valence-electron chi connectivity index (χ3n) is 15.4. The van der Waals surface area contributed by atoms with E-state index < -0.39 is 0 Å². The molecule has 2 aliphatic rings. The van der Waals surface area contributed by atoms with Gasteiger partial charge >= 0.3 is 0 Å². The Bertz CT molecular complexity index is 4000. The predicted molar refractivity (Wildman–Crippen MR) is 275 cm³/mol. The summed E-state index contributed by atoms with van der Waals surface area (Å²) < 4.78 is 6.34. The molecule has 0 bridgehead atoms. The van der Waals surface area contributed by atoms with Crippen molar-refractivity contribution in [3.8, 4) is 55.6 Å². The molecule has 0 spiro atoms. The van der Waals surface area contributed by atoms with Crippen molar-refractivity contribution < 1.29 is 4.42 Å². The van der Waals surface area contributed by atoms with Crippen LogP contribution in [0.25, 0.3) is 121 Å². The molecule has 65 heavy (non-hydrogen) atoms. The molecule has 0 saturated carbocycles. The molecule has 12 aromatic rings. The second kappa shape index (κ2) is 12.9. The van der Waals surface area contributed by atoms with E-state index in [1.54, 1.807) is 0 Å². The van der Waals surface area contributed by atoms with E-state index in [4.69, 9.17) is 4.42 Å². The van der Waals surface area contributed by atoms with Crippen LogP contribution < -0.4 is 0 Å². The average Bonchev–Trinajstić information content (AvgIpc) is 3.91. The van der Waals surface area contributed by atoms with Gasteiger partial charge in [-0.15, -0.1) is 0 Å². The standard InChI is InChI=1S/C64H44O/c1-63(2)54-30-26-41(60-45-17-7-9-19-47(45)61(48-20-10-8-18-46(48)60)44-22-13-15-37-14-5-6-16-42(37)44)33-51(54)43-28-24-39(34-56(43)63)38-25-29-55-52(32-38)53-36-50-40(35-57(53)64(55,3)4)27-31-59-62(50)49-21-11-12-23-58(49)65-59/h5-36H,1-4H3. The number of para-hydroxylation sites is 1. The van der Waals surface area contributed by atoms with Crippen LogP contribution in [0.3, 0.4) is 0 Å². The number of furan rings is 1. The average molecular weight is 829 g/mol. The SMILES string of the molecule is CC1(C)c2ccc(-c3c4ccccc4c(-c4cccc5ccccc45)c4ccccc34)cc2-c2ccc(-c3ccc4c(c3)-c3cc5c(ccc6oc7ccccc7c65)cc3C4(C)C)cc21. The summed E-state index contributed by atoms with van der Waals surface area (Å²) in [6.45, 7) is 9.56. The lowest BCUT2D eigenvalue weighted by molar-refractivity contribution is 0.660. The molecule has 0 amide bonds. The first-order valence-electron chi connectivity index (χ1n) is 23.0. The van der Waals surface area contributed by atoms with E-state index in [1.807, 2.05) is 0 Å². The van der Waals surface area contributed by atoms with E-state index in [1.165, 1.54) is 132 Å². The van der Waals surface area contributed by atoms with Crippen LogP contribution >= 0.6 is 0 Å². The van der Waals surface area contributed by atoms with Crippen LogP contribution in [0, 0.1) is 0 Å². The molecule has 0 radical (unpaired) electrons. The summed E-state index contributed by atoms with van der Waals surface area (Å²) in [5.74, 6) is 0. The summed E-state index contributed by atoms with van der Waals surface area (Å²) in [6.07, 6.45) is 0. The molecule has 0 atom stereocenters. The zero-order valence-electron chi connectivity index (χ0n) is 36.9. The third kappa shape index (κ3) is 4.99. The normalized spacial score (nSPS) is 14.4. The monoisotopic (exact) mass is 828 g/mol. The maximum Gasteiger partial charge on any atom is 0.136 e. The lowest BCUT2D eigenvalue weighted by Crippen LogP contribution is -2.15. The van der Waals surface area contributed by atoms with Crippen LogP contribution in [0.15, 0.2) is 199 Å². The van der Waals surface area contributed by atoms with Gasteiger partial charge in [0.1, 0.15) is 11.2 Å². The fraction of sp³-hybridized carbons (Fsp3) is 0.0938. The summed E-state index contributed by atoms with van der Waals surface area (Å²) in [6, 6.07) is 72.9. The molecule has 11 aromatic carbocycles. The van der Waals surface area contributed by atoms with Crippen LogP contribution in [0.4, 0.5) is 0 Å². The Balaban J connectivity index is 0.906. The minimum absolute atomic E-state index is 0.114. The van der Waals surface area contributed by atoms with E-state index in [0.717, 1.165) is 11.2 Å². The Morgan fingerprint density at radius 2 is 0.831 bits per heavy atom. The zero-order chi connectivity index (χ0) is 43.3. The Hall–Kier alpha value is -7.74. The Morgan fingerprint density at radius 1 is 0.292 bits per heavy atom. The maximum absolute atomic E-state index is 6.34. The van der Waals surface area contributed by atoms with Crippen LogP contribution in [0.1, 0.15) is 49.9 Å². The lowest BCUT2D eigenvalue weighted by Gasteiger charge is -2.23. The zero-order valence-corrected chi connectivity index (χ0v) is 36.9. The van der Waals surface area contributed by atoms with E-state index >= 15 is 0 Å². The van der Waals surface area contributed by atoms with Gasteiger partial charge in [-0.2, -0.15) is 0 Å². The van der Waals surface area contributed by atoms with Crippen molar-refractivity contribution >= 4 is 65.0 Å². The molecule has 1 heteroatoms. The largest absolute Gasteiger partial charge is 0.456 e. The number of benzene rings is 11. The first-order valence-corrected chi connectivity index (χ1v) is 23.0. The fourth-order valence-corrected chi connectivity index (χ4v) is 12.2. The van der Waals surface area contributed by atoms with Crippen LogP contribution in [0.2, 0.25) is 0 Å². The molecule has 0 unspecified atom stereocenters. The van der Waals surface area contributed by atoms with Gasteiger partial charge in [0.25, 0.3) is 0 Å². The van der Waals surface area contributed by atoms with Crippen molar-refractivity contribution in [2.45, 2.75) is 38.5 Å². The Morgan fingerprint density at radius 3 is 1.57 bits per heavy atom. The fourth-order valence-electron chi connectivity index (χ4n) is 12.2. The van der Waals surface area contributed by atoms with Gasteiger partial charge in [-0.3, -0.25) is 0 Å². The molecule has 0 aliphatic heterocycles. The van der Waals surface area contributed by atoms with Crippen LogP contribution in [0.5, 0.6) is 0 Å². The molecular weight excluding hydrogens is 785 g/mol. The summed E-state index contributed by atoms with van der Waals surface area (Å²) >= 11 is 0. The Kier molecular flexibility index (Phi) is 7.30. The van der Waals surface area contributed by atoms with Gasteiger partial charge in [-0.1, -0.05) is 179 Å². The maximum atomic E-state index is 6.34. The molecule has 306 valence electrons. The number of hydrogen-bond acceptors (Lipinski definition) is 1. The van der Waals surface area contributed by atoms with Gasteiger partial charge in [-0.25, -0.2) is 0 Å². The van der Waals surface area contributed by atoms with Gasteiger partial charge in [0.15, 0.2) is 0 Å². The van der Waals surface area contributed by atoms with Crippen molar-refractivity contribution in [1.82, 2.24) is 0 Å². The number of fused-ring (bicyclic) bond motifs is 14. The Labute approximate surface area is 378 Å². The highest BCUT2D eigenvalue weighted by Gasteiger charge is 2.38. The molecule has 14 rings (SSSR count). The smallest absolute Gasteiger partial charge is 0.136 e. The van der Waals surface area contributed by atoms with Crippen LogP contribution in [-0.2, 0) is 10.8 Å². The summed E-state index contributed by atoms with van der Waals surface area (Å²) in [5.41, 5.74) is 20.0. The van der Waals surface area contributed by atoms with Crippen molar-refractivity contribution in [3.63, 3.8) is 0 Å². The minimum atomic E-state index is -0.162. The third-order valence-corrected chi connectivity index (χ3v) is 15.4. The quantitative estimate of drug-likeness (QED) is 0.162. The molecule has 2 aliphatic carbocycles. The van der Waals surface area contributed by atoms with Crippen molar-refractivity contribution in [2.75, 3.05) is 0 Å². The molecule has 0 saturated heterocycles. The number of rotatable bonds is 3. The van der Waals surface area contributed by atoms with E-state index in [-0.39, 0.29) is 10.8 Å². The van der Waals surface area contributed by atoms with Crippen molar-refractivity contribution in [1.29, 1.82) is 0 Å². The first-order chi connectivity index (χ1) is 31.7. The van der Waals surface area contributed by atoms with Gasteiger partial charge < -0.3 is 4.42 Å². The summed E-state index contributed by atoms with van der Waals surface area (Å²) in [4.78, 5) is 0. The van der Waals surface area contributed by atoms with Gasteiger partial charge in [0, 0.05) is 21.6 Å². The van der Waals surface area contributed by atoms with E-state index in [0.29, 0.717) is 0 Å². The molecule has 1 heterocycles. The van der Waals surface area contributed by atoms with Gasteiger partial charge in [0.2, 0.25) is 0 Å². The predicted octanol–water partition coefficient (Wildman–Crippen LogP) is 17.8. The molecule has 0 fully saturated rings. The first kappa shape index (κ1) is 36.7. The minimum Gasteiger partial charge on any atom is -0.456 e. The highest BCUT2D eigenvalue weighted by atomic mass is 16.3.